The number of nitrogens with one attached hydrogen (secondary N) is 1. The summed E-state index contributed by atoms with van der Waals surface area (Å²) < 4.78 is 16.7. The van der Waals surface area contributed by atoms with Gasteiger partial charge in [0.05, 0.1) is 12.1 Å². The van der Waals surface area contributed by atoms with Crippen molar-refractivity contribution < 1.29 is 23.5 Å². The van der Waals surface area contributed by atoms with Gasteiger partial charge in [-0.05, 0) is 55.9 Å². The highest BCUT2D eigenvalue weighted by atomic mass is 16.5. The number of carbonyl (C=O) groups is 2. The third-order valence-corrected chi connectivity index (χ3v) is 8.60. The second kappa shape index (κ2) is 9.82. The van der Waals surface area contributed by atoms with Gasteiger partial charge in [-0.3, -0.25) is 14.6 Å². The monoisotopic (exact) mass is 532 g/mol. The maximum atomic E-state index is 13.6. The summed E-state index contributed by atoms with van der Waals surface area (Å²) in [6, 6.07) is 8.76. The van der Waals surface area contributed by atoms with Gasteiger partial charge in [-0.1, -0.05) is 0 Å². The number of ether oxygens (including phenoxy) is 2. The summed E-state index contributed by atoms with van der Waals surface area (Å²) >= 11 is 0. The SMILES string of the molecule is O=C(c1cc(OCC2CCOCC2)nc(C2CC2)c1)N1C[C@@H]2CN(C(=O)c3ccc4[nH]c(=O)oc4c3)C[C@H]2C1. The van der Waals surface area contributed by atoms with Gasteiger partial charge in [0.15, 0.2) is 5.58 Å². The molecule has 1 N–H and O–H groups in total. The van der Waals surface area contributed by atoms with Gasteiger partial charge in [0.1, 0.15) is 0 Å². The fraction of sp³-hybridized carbons (Fsp3) is 0.517. The van der Waals surface area contributed by atoms with Crippen LogP contribution in [0.25, 0.3) is 11.1 Å². The fourth-order valence-corrected chi connectivity index (χ4v) is 6.20. The summed E-state index contributed by atoms with van der Waals surface area (Å²) in [6.45, 7) is 4.59. The van der Waals surface area contributed by atoms with E-state index in [0.717, 1.165) is 44.6 Å². The van der Waals surface area contributed by atoms with Crippen molar-refractivity contribution >= 4 is 22.9 Å². The minimum absolute atomic E-state index is 0.00966. The Hall–Kier alpha value is -3.66. The van der Waals surface area contributed by atoms with Gasteiger partial charge < -0.3 is 23.7 Å². The number of hydrogen-bond donors (Lipinski definition) is 1. The fourth-order valence-electron chi connectivity index (χ4n) is 6.20. The summed E-state index contributed by atoms with van der Waals surface area (Å²) in [6.07, 6.45) is 4.18. The van der Waals surface area contributed by atoms with Gasteiger partial charge in [-0.25, -0.2) is 9.78 Å². The number of fused-ring (bicyclic) bond motifs is 2. The molecule has 39 heavy (non-hydrogen) atoms. The van der Waals surface area contributed by atoms with Gasteiger partial charge in [-0.15, -0.1) is 0 Å². The predicted octanol–water partition coefficient (Wildman–Crippen LogP) is 3.04. The molecule has 1 aliphatic carbocycles. The Kier molecular flexibility index (Phi) is 6.14. The number of oxazole rings is 1. The second-order valence-electron chi connectivity index (χ2n) is 11.4. The predicted molar refractivity (Wildman–Crippen MR) is 141 cm³/mol. The molecule has 1 saturated carbocycles. The molecule has 204 valence electrons. The van der Waals surface area contributed by atoms with Gasteiger partial charge in [-0.2, -0.15) is 0 Å². The number of amides is 2. The van der Waals surface area contributed by atoms with E-state index in [2.05, 4.69) is 4.98 Å². The molecule has 2 amide bonds. The topological polar surface area (TPSA) is 118 Å². The van der Waals surface area contributed by atoms with Crippen molar-refractivity contribution in [1.82, 2.24) is 19.8 Å². The van der Waals surface area contributed by atoms with E-state index in [-0.39, 0.29) is 23.7 Å². The lowest BCUT2D eigenvalue weighted by molar-refractivity contribution is 0.0490. The van der Waals surface area contributed by atoms with Crippen molar-refractivity contribution in [2.24, 2.45) is 17.8 Å². The summed E-state index contributed by atoms with van der Waals surface area (Å²) in [4.78, 5) is 49.3. The van der Waals surface area contributed by atoms with Crippen molar-refractivity contribution in [3.8, 4) is 5.88 Å². The Morgan fingerprint density at radius 3 is 2.31 bits per heavy atom. The molecule has 1 aromatic carbocycles. The first-order valence-electron chi connectivity index (χ1n) is 13.9. The van der Waals surface area contributed by atoms with Gasteiger partial charge in [0.2, 0.25) is 5.88 Å². The number of rotatable bonds is 6. The second-order valence-corrected chi connectivity index (χ2v) is 11.4. The lowest BCUT2D eigenvalue weighted by Gasteiger charge is -2.23. The Morgan fingerprint density at radius 1 is 0.923 bits per heavy atom. The van der Waals surface area contributed by atoms with Crippen LogP contribution in [0.4, 0.5) is 0 Å². The van der Waals surface area contributed by atoms with Gasteiger partial charge in [0, 0.05) is 80.0 Å². The lowest BCUT2D eigenvalue weighted by atomic mass is 10.0. The van der Waals surface area contributed by atoms with Crippen LogP contribution >= 0.6 is 0 Å². The molecule has 3 aliphatic heterocycles. The van der Waals surface area contributed by atoms with Crippen LogP contribution in [0.3, 0.4) is 0 Å². The highest BCUT2D eigenvalue weighted by Gasteiger charge is 2.43. The average molecular weight is 533 g/mol. The number of nitrogens with zero attached hydrogens (tertiary/aromatic N) is 3. The maximum Gasteiger partial charge on any atom is 0.417 e. The molecule has 3 saturated heterocycles. The first-order valence-corrected chi connectivity index (χ1v) is 13.9. The minimum atomic E-state index is -0.536. The first kappa shape index (κ1) is 24.4. The van der Waals surface area contributed by atoms with Crippen LogP contribution in [-0.2, 0) is 4.74 Å². The van der Waals surface area contributed by atoms with E-state index in [4.69, 9.17) is 18.9 Å². The zero-order valence-electron chi connectivity index (χ0n) is 21.8. The highest BCUT2D eigenvalue weighted by Crippen LogP contribution is 2.40. The van der Waals surface area contributed by atoms with E-state index in [1.54, 1.807) is 24.3 Å². The molecular formula is C29H32N4O6. The van der Waals surface area contributed by atoms with Crippen LogP contribution in [0.2, 0.25) is 0 Å². The zero-order chi connectivity index (χ0) is 26.5. The first-order chi connectivity index (χ1) is 19.0. The van der Waals surface area contributed by atoms with E-state index in [1.807, 2.05) is 15.9 Å². The molecule has 2 aromatic heterocycles. The van der Waals surface area contributed by atoms with E-state index in [0.29, 0.717) is 72.7 Å². The summed E-state index contributed by atoms with van der Waals surface area (Å²) in [7, 11) is 0. The van der Waals surface area contributed by atoms with Crippen LogP contribution < -0.4 is 10.5 Å². The number of carbonyl (C=O) groups excluding carboxylic acids is 2. The third kappa shape index (κ3) is 4.93. The molecule has 3 aromatic rings. The molecule has 0 bridgehead atoms. The zero-order valence-corrected chi connectivity index (χ0v) is 21.8. The number of H-pyrrole nitrogens is 1. The Morgan fingerprint density at radius 2 is 1.62 bits per heavy atom. The Labute approximate surface area is 225 Å². The van der Waals surface area contributed by atoms with Crippen molar-refractivity contribution in [1.29, 1.82) is 0 Å². The molecule has 0 unspecified atom stereocenters. The van der Waals surface area contributed by atoms with Crippen molar-refractivity contribution in [3.05, 3.63) is 57.7 Å². The minimum Gasteiger partial charge on any atom is -0.477 e. The number of benzene rings is 1. The summed E-state index contributed by atoms with van der Waals surface area (Å²) in [5.74, 6) is 1.28. The molecule has 2 atom stereocenters. The molecule has 10 heteroatoms. The quantitative estimate of drug-likeness (QED) is 0.518. The largest absolute Gasteiger partial charge is 0.477 e. The number of aromatic nitrogens is 2. The van der Waals surface area contributed by atoms with Crippen LogP contribution in [-0.4, -0.2) is 77.6 Å². The Bertz CT molecular complexity index is 1460. The molecular weight excluding hydrogens is 500 g/mol. The van der Waals surface area contributed by atoms with E-state index >= 15 is 0 Å². The molecule has 4 aliphatic rings. The Balaban J connectivity index is 1.01. The molecule has 0 spiro atoms. The number of aromatic amines is 1. The van der Waals surface area contributed by atoms with Crippen LogP contribution in [0, 0.1) is 17.8 Å². The number of pyridine rings is 1. The molecule has 7 rings (SSSR count). The van der Waals surface area contributed by atoms with Crippen LogP contribution in [0.5, 0.6) is 5.88 Å². The van der Waals surface area contributed by atoms with Gasteiger partial charge >= 0.3 is 5.76 Å². The van der Waals surface area contributed by atoms with E-state index in [1.165, 1.54) is 0 Å². The number of hydrogen-bond acceptors (Lipinski definition) is 7. The normalized spacial score (nSPS) is 23.4. The van der Waals surface area contributed by atoms with Crippen molar-refractivity contribution in [3.63, 3.8) is 0 Å². The smallest absolute Gasteiger partial charge is 0.417 e. The summed E-state index contributed by atoms with van der Waals surface area (Å²) in [5, 5.41) is 0. The molecule has 10 nitrogen and oxygen atoms in total. The third-order valence-electron chi connectivity index (χ3n) is 8.60. The van der Waals surface area contributed by atoms with Crippen molar-refractivity contribution in [2.45, 2.75) is 31.6 Å². The summed E-state index contributed by atoms with van der Waals surface area (Å²) in [5.41, 5.74) is 3.04. The maximum absolute atomic E-state index is 13.6. The van der Waals surface area contributed by atoms with E-state index in [9.17, 15) is 14.4 Å². The standard InChI is InChI=1S/C29H32N4O6/c34-27(19-3-4-23-25(10-19)39-29(36)31-23)32-12-21-14-33(15-22(21)13-32)28(35)20-9-24(18-1-2-18)30-26(11-20)38-16-17-5-7-37-8-6-17/h3-4,9-11,17-18,21-22H,1-2,5-8,12-16H2,(H,31,36)/t21-,22-/m0/s1. The number of likely N-dealkylation sites (tertiary alicyclic amines) is 2. The van der Waals surface area contributed by atoms with Gasteiger partial charge in [0.25, 0.3) is 11.8 Å². The van der Waals surface area contributed by atoms with Crippen LogP contribution in [0.1, 0.15) is 58.0 Å². The molecule has 0 radical (unpaired) electrons. The van der Waals surface area contributed by atoms with E-state index < -0.39 is 5.76 Å². The average Bonchev–Trinajstić information content (AvgIpc) is 3.46. The molecule has 4 fully saturated rings. The highest BCUT2D eigenvalue weighted by molar-refractivity contribution is 5.97. The lowest BCUT2D eigenvalue weighted by Crippen LogP contribution is -2.35. The van der Waals surface area contributed by atoms with Crippen molar-refractivity contribution in [2.75, 3.05) is 46.0 Å². The van der Waals surface area contributed by atoms with Crippen LogP contribution in [0.15, 0.2) is 39.5 Å². The molecule has 5 heterocycles.